The molecule has 1 aliphatic rings. The molecule has 0 saturated heterocycles. The molecular weight excluding hydrogens is 427 g/mol. The van der Waals surface area contributed by atoms with E-state index in [1.807, 2.05) is 0 Å². The van der Waals surface area contributed by atoms with Crippen molar-refractivity contribution in [2.75, 3.05) is 26.1 Å². The van der Waals surface area contributed by atoms with E-state index in [0.717, 1.165) is 4.90 Å². The average molecular weight is 446 g/mol. The fraction of sp³-hybridized carbons (Fsp3) is 0.300. The Balaban J connectivity index is 1.74. The Bertz CT molecular complexity index is 1110. The Morgan fingerprint density at radius 1 is 1.10 bits per heavy atom. The van der Waals surface area contributed by atoms with E-state index in [0.29, 0.717) is 5.56 Å². The standard InChI is InChI=1S/C20H19FN4O5S/c1-30-18(17(12-21)23-24-22)13-6-8-14(9-7-13)31(28,29)11-10-25-19(26)15-4-2-3-5-16(15)20(25)27/h2-9,17-18H,10-12H2,1H3/t17-,18-/m1/s1. The van der Waals surface area contributed by atoms with E-state index >= 15 is 0 Å². The smallest absolute Gasteiger partial charge is 0.261 e. The maximum atomic E-state index is 13.1. The highest BCUT2D eigenvalue weighted by Gasteiger charge is 2.35. The van der Waals surface area contributed by atoms with Crippen LogP contribution in [-0.4, -0.2) is 57.3 Å². The van der Waals surface area contributed by atoms with Gasteiger partial charge in [0.1, 0.15) is 6.67 Å². The van der Waals surface area contributed by atoms with Gasteiger partial charge >= 0.3 is 0 Å². The second-order valence-corrected chi connectivity index (χ2v) is 8.89. The maximum Gasteiger partial charge on any atom is 0.261 e. The van der Waals surface area contributed by atoms with E-state index in [1.165, 1.54) is 43.5 Å². The molecule has 0 N–H and O–H groups in total. The lowest BCUT2D eigenvalue weighted by Crippen LogP contribution is -2.34. The second-order valence-electron chi connectivity index (χ2n) is 6.78. The van der Waals surface area contributed by atoms with E-state index in [-0.39, 0.29) is 22.6 Å². The number of halogens is 1. The van der Waals surface area contributed by atoms with Crippen LogP contribution in [0.4, 0.5) is 4.39 Å². The number of methoxy groups -OCH3 is 1. The highest BCUT2D eigenvalue weighted by atomic mass is 32.2. The molecule has 2 aromatic carbocycles. The lowest BCUT2D eigenvalue weighted by molar-refractivity contribution is 0.0664. The molecule has 3 rings (SSSR count). The summed E-state index contributed by atoms with van der Waals surface area (Å²) in [5.74, 6) is -1.49. The summed E-state index contributed by atoms with van der Waals surface area (Å²) in [6.07, 6.45) is -0.879. The third-order valence-corrected chi connectivity index (χ3v) is 6.70. The minimum Gasteiger partial charge on any atom is -0.376 e. The molecule has 1 heterocycles. The van der Waals surface area contributed by atoms with Crippen molar-refractivity contribution in [3.8, 4) is 0 Å². The van der Waals surface area contributed by atoms with Crippen molar-refractivity contribution in [1.29, 1.82) is 0 Å². The second kappa shape index (κ2) is 9.25. The summed E-state index contributed by atoms with van der Waals surface area (Å²) in [6, 6.07) is 10.8. The Morgan fingerprint density at radius 2 is 1.68 bits per heavy atom. The van der Waals surface area contributed by atoms with E-state index in [1.54, 1.807) is 12.1 Å². The molecule has 0 spiro atoms. The number of ether oxygens (including phenoxy) is 1. The van der Waals surface area contributed by atoms with Crippen LogP contribution in [0.1, 0.15) is 32.4 Å². The normalized spacial score (nSPS) is 15.4. The predicted molar refractivity (Wildman–Crippen MR) is 109 cm³/mol. The lowest BCUT2D eigenvalue weighted by Gasteiger charge is -2.20. The van der Waals surface area contributed by atoms with Gasteiger partial charge in [0, 0.05) is 18.6 Å². The number of rotatable bonds is 9. The van der Waals surface area contributed by atoms with Crippen LogP contribution >= 0.6 is 0 Å². The number of benzene rings is 2. The Kier molecular flexibility index (Phi) is 6.69. The number of nitrogens with zero attached hydrogens (tertiary/aromatic N) is 4. The molecule has 31 heavy (non-hydrogen) atoms. The molecule has 0 unspecified atom stereocenters. The quantitative estimate of drug-likeness (QED) is 0.253. The average Bonchev–Trinajstić information content (AvgIpc) is 3.02. The molecule has 2 atom stereocenters. The van der Waals surface area contributed by atoms with Crippen molar-refractivity contribution < 1.29 is 27.1 Å². The number of imide groups is 1. The van der Waals surface area contributed by atoms with Crippen molar-refractivity contribution in [3.05, 3.63) is 75.7 Å². The summed E-state index contributed by atoms with van der Waals surface area (Å²) >= 11 is 0. The first-order valence-electron chi connectivity index (χ1n) is 9.25. The van der Waals surface area contributed by atoms with Gasteiger partial charge in [0.05, 0.1) is 33.9 Å². The lowest BCUT2D eigenvalue weighted by atomic mass is 10.0. The van der Waals surface area contributed by atoms with Crippen LogP contribution in [-0.2, 0) is 14.6 Å². The van der Waals surface area contributed by atoms with Crippen LogP contribution in [0, 0.1) is 0 Å². The molecule has 11 heteroatoms. The largest absolute Gasteiger partial charge is 0.376 e. The van der Waals surface area contributed by atoms with Gasteiger partial charge in [-0.05, 0) is 35.4 Å². The van der Waals surface area contributed by atoms with Crippen LogP contribution in [0.5, 0.6) is 0 Å². The molecule has 2 amide bonds. The van der Waals surface area contributed by atoms with Crippen molar-refractivity contribution in [2.45, 2.75) is 17.0 Å². The molecule has 0 fully saturated rings. The van der Waals surface area contributed by atoms with Crippen molar-refractivity contribution >= 4 is 21.7 Å². The van der Waals surface area contributed by atoms with Crippen molar-refractivity contribution in [1.82, 2.24) is 4.90 Å². The fourth-order valence-electron chi connectivity index (χ4n) is 3.39. The van der Waals surface area contributed by atoms with Gasteiger partial charge in [0.2, 0.25) is 0 Å². The zero-order valence-electron chi connectivity index (χ0n) is 16.5. The Hall–Kier alpha value is -3.27. The van der Waals surface area contributed by atoms with Gasteiger partial charge in [0.25, 0.3) is 11.8 Å². The summed E-state index contributed by atoms with van der Waals surface area (Å²) in [4.78, 5) is 28.3. The van der Waals surface area contributed by atoms with Crippen LogP contribution in [0.2, 0.25) is 0 Å². The third kappa shape index (κ3) is 4.43. The Morgan fingerprint density at radius 3 is 2.16 bits per heavy atom. The third-order valence-electron chi connectivity index (χ3n) is 4.99. The molecular formula is C20H19FN4O5S. The van der Waals surface area contributed by atoms with Gasteiger partial charge in [0.15, 0.2) is 9.84 Å². The highest BCUT2D eigenvalue weighted by molar-refractivity contribution is 7.91. The zero-order chi connectivity index (χ0) is 22.6. The van der Waals surface area contributed by atoms with Gasteiger partial charge in [-0.3, -0.25) is 18.9 Å². The van der Waals surface area contributed by atoms with Crippen LogP contribution in [0.3, 0.4) is 0 Å². The van der Waals surface area contributed by atoms with E-state index < -0.39 is 46.2 Å². The molecule has 0 bridgehead atoms. The van der Waals surface area contributed by atoms with Gasteiger partial charge < -0.3 is 4.74 Å². The van der Waals surface area contributed by atoms with Gasteiger partial charge in [-0.15, -0.1) is 0 Å². The number of fused-ring (bicyclic) bond motifs is 1. The number of hydrogen-bond donors (Lipinski definition) is 0. The molecule has 162 valence electrons. The first-order chi connectivity index (χ1) is 14.8. The fourth-order valence-corrected chi connectivity index (χ4v) is 4.60. The summed E-state index contributed by atoms with van der Waals surface area (Å²) in [7, 11) is -2.48. The summed E-state index contributed by atoms with van der Waals surface area (Å²) in [5.41, 5.74) is 9.50. The number of carbonyl (C=O) groups excluding carboxylic acids is 2. The molecule has 2 aromatic rings. The summed E-state index contributed by atoms with van der Waals surface area (Å²) < 4.78 is 43.8. The van der Waals surface area contributed by atoms with Crippen LogP contribution < -0.4 is 0 Å². The molecule has 0 aliphatic carbocycles. The van der Waals surface area contributed by atoms with E-state index in [9.17, 15) is 22.4 Å². The van der Waals surface area contributed by atoms with Gasteiger partial charge in [-0.25, -0.2) is 8.42 Å². The zero-order valence-corrected chi connectivity index (χ0v) is 17.3. The molecule has 0 radical (unpaired) electrons. The van der Waals surface area contributed by atoms with Crippen LogP contribution in [0.25, 0.3) is 10.4 Å². The summed E-state index contributed by atoms with van der Waals surface area (Å²) in [6.45, 7) is -1.22. The van der Waals surface area contributed by atoms with Gasteiger partial charge in [-0.2, -0.15) is 0 Å². The first-order valence-corrected chi connectivity index (χ1v) is 10.9. The van der Waals surface area contributed by atoms with Crippen molar-refractivity contribution in [2.24, 2.45) is 5.11 Å². The van der Waals surface area contributed by atoms with Crippen molar-refractivity contribution in [3.63, 3.8) is 0 Å². The maximum absolute atomic E-state index is 13.1. The SMILES string of the molecule is CO[C@H](c1ccc(S(=O)(=O)CCN2C(=O)c3ccccc3C2=O)cc1)[C@@H](CF)N=[N+]=[N-]. The molecule has 1 aliphatic heterocycles. The predicted octanol–water partition coefficient (Wildman–Crippen LogP) is 3.09. The number of amides is 2. The first kappa shape index (κ1) is 22.4. The minimum absolute atomic E-state index is 0.0247. The molecule has 0 saturated carbocycles. The van der Waals surface area contributed by atoms with E-state index in [2.05, 4.69) is 10.0 Å². The molecule has 0 aromatic heterocycles. The number of carbonyl (C=O) groups is 2. The number of hydrogen-bond acceptors (Lipinski definition) is 6. The number of sulfone groups is 1. The number of azide groups is 1. The van der Waals surface area contributed by atoms with Gasteiger partial charge in [-0.1, -0.05) is 29.4 Å². The number of alkyl halides is 1. The van der Waals surface area contributed by atoms with E-state index in [4.69, 9.17) is 10.3 Å². The topological polar surface area (TPSA) is 130 Å². The highest BCUT2D eigenvalue weighted by Crippen LogP contribution is 2.26. The minimum atomic E-state index is -3.81. The monoisotopic (exact) mass is 446 g/mol. The van der Waals surface area contributed by atoms with Crippen LogP contribution in [0.15, 0.2) is 58.5 Å². The summed E-state index contributed by atoms with van der Waals surface area (Å²) in [5, 5.41) is 3.36. The Labute approximate surface area is 178 Å². The molecule has 9 nitrogen and oxygen atoms in total.